The molecule has 2 aromatic carbocycles. The van der Waals surface area contributed by atoms with Crippen LogP contribution in [0.25, 0.3) is 10.9 Å². The van der Waals surface area contributed by atoms with Crippen molar-refractivity contribution in [3.05, 3.63) is 66.4 Å². The van der Waals surface area contributed by atoms with Crippen LogP contribution in [0.4, 0.5) is 10.5 Å². The van der Waals surface area contributed by atoms with Crippen LogP contribution < -0.4 is 5.32 Å². The van der Waals surface area contributed by atoms with Crippen molar-refractivity contribution in [1.82, 2.24) is 4.57 Å². The predicted molar refractivity (Wildman–Crippen MR) is 98.9 cm³/mol. The molecule has 1 N–H and O–H groups in total. The fraction of sp³-hybridized carbons (Fsp3) is 0.200. The minimum absolute atomic E-state index is 0.582. The van der Waals surface area contributed by atoms with Crippen LogP contribution in [0.15, 0.2) is 65.8 Å². The second-order valence-electron chi connectivity index (χ2n) is 6.11. The fourth-order valence-electron chi connectivity index (χ4n) is 3.24. The molecule has 3 aromatic rings. The van der Waals surface area contributed by atoms with Gasteiger partial charge in [0, 0.05) is 23.2 Å². The summed E-state index contributed by atoms with van der Waals surface area (Å²) in [5.41, 5.74) is 3.00. The molecule has 0 atom stereocenters. The first-order valence-electron chi connectivity index (χ1n) is 8.51. The Kier molecular flexibility index (Phi) is 4.21. The Morgan fingerprint density at radius 3 is 2.64 bits per heavy atom. The van der Waals surface area contributed by atoms with Gasteiger partial charge in [-0.2, -0.15) is 0 Å². The first kappa shape index (κ1) is 15.4. The van der Waals surface area contributed by atoms with Crippen LogP contribution in [0.5, 0.6) is 0 Å². The van der Waals surface area contributed by atoms with E-state index in [0.717, 1.165) is 37.0 Å². The molecule has 0 saturated heterocycles. The normalized spacial score (nSPS) is 15.6. The van der Waals surface area contributed by atoms with Crippen LogP contribution in [-0.2, 0) is 11.3 Å². The molecule has 0 fully saturated rings. The number of hydrogen-bond donors (Lipinski definition) is 1. The predicted octanol–water partition coefficient (Wildman–Crippen LogP) is 4.78. The first-order valence-corrected chi connectivity index (χ1v) is 8.51. The highest BCUT2D eigenvalue weighted by molar-refractivity contribution is 5.97. The van der Waals surface area contributed by atoms with Crippen molar-refractivity contribution in [3.63, 3.8) is 0 Å². The van der Waals surface area contributed by atoms with Crippen molar-refractivity contribution in [2.75, 3.05) is 5.32 Å². The molecule has 0 radical (unpaired) electrons. The van der Waals surface area contributed by atoms with E-state index in [9.17, 15) is 4.79 Å². The third kappa shape index (κ3) is 3.26. The molecule has 1 amide bonds. The summed E-state index contributed by atoms with van der Waals surface area (Å²) in [5, 5.41) is 8.03. The van der Waals surface area contributed by atoms with Gasteiger partial charge in [-0.15, -0.1) is 0 Å². The summed E-state index contributed by atoms with van der Waals surface area (Å²) in [6.45, 7) is 0. The summed E-state index contributed by atoms with van der Waals surface area (Å²) in [7, 11) is 0. The largest absolute Gasteiger partial charge is 0.437 e. The van der Waals surface area contributed by atoms with Crippen LogP contribution in [0.3, 0.4) is 0 Å². The van der Waals surface area contributed by atoms with Crippen LogP contribution in [0, 0.1) is 0 Å². The molecular weight excluding hydrogens is 314 g/mol. The van der Waals surface area contributed by atoms with E-state index in [1.165, 1.54) is 11.1 Å². The number of fused-ring (bicyclic) bond motifs is 3. The smallest absolute Gasteiger partial charge is 0.299 e. The molecule has 5 nitrogen and oxygen atoms in total. The fourth-order valence-corrected chi connectivity index (χ4v) is 3.24. The van der Waals surface area contributed by atoms with Gasteiger partial charge in [0.1, 0.15) is 0 Å². The number of hydrogen-bond acceptors (Lipinski definition) is 3. The summed E-state index contributed by atoms with van der Waals surface area (Å²) in [6, 6.07) is 19.6. The van der Waals surface area contributed by atoms with E-state index in [0.29, 0.717) is 5.69 Å². The third-order valence-corrected chi connectivity index (χ3v) is 4.38. The van der Waals surface area contributed by atoms with Crippen molar-refractivity contribution < 1.29 is 9.63 Å². The lowest BCUT2D eigenvalue weighted by atomic mass is 10.1. The number of amides is 1. The van der Waals surface area contributed by atoms with Crippen molar-refractivity contribution in [3.8, 4) is 0 Å². The number of nitrogens with one attached hydrogen (secondary N) is 1. The topological polar surface area (TPSA) is 55.6 Å². The van der Waals surface area contributed by atoms with E-state index in [2.05, 4.69) is 33.2 Å². The second-order valence-corrected chi connectivity index (χ2v) is 6.11. The van der Waals surface area contributed by atoms with Gasteiger partial charge in [0.2, 0.25) is 0 Å². The lowest BCUT2D eigenvalue weighted by Gasteiger charge is -2.09. The van der Waals surface area contributed by atoms with Gasteiger partial charge in [-0.1, -0.05) is 41.6 Å². The SMILES string of the molecule is O=C(Nc1ccccc1)O/N=C1/CCCCc2cc3ccccc3n21. The lowest BCUT2D eigenvalue weighted by molar-refractivity contribution is 0.165. The molecule has 1 aliphatic heterocycles. The Hall–Kier alpha value is -3.08. The van der Waals surface area contributed by atoms with Gasteiger partial charge in [-0.3, -0.25) is 14.7 Å². The molecule has 2 heterocycles. The highest BCUT2D eigenvalue weighted by atomic mass is 16.7. The molecule has 1 aromatic heterocycles. The van der Waals surface area contributed by atoms with Gasteiger partial charge in [-0.05, 0) is 43.5 Å². The number of carbonyl (C=O) groups excluding carboxylic acids is 1. The average Bonchev–Trinajstić information content (AvgIpc) is 2.88. The van der Waals surface area contributed by atoms with E-state index in [-0.39, 0.29) is 0 Å². The number of oxime groups is 1. The number of benzene rings is 2. The summed E-state index contributed by atoms with van der Waals surface area (Å²) in [5.74, 6) is 0.775. The van der Waals surface area contributed by atoms with E-state index in [1.54, 1.807) is 12.1 Å². The van der Waals surface area contributed by atoms with Gasteiger partial charge in [0.05, 0.1) is 5.52 Å². The number of aromatic nitrogens is 1. The molecule has 0 bridgehead atoms. The third-order valence-electron chi connectivity index (χ3n) is 4.38. The number of carbonyl (C=O) groups is 1. The van der Waals surface area contributed by atoms with Crippen molar-refractivity contribution in [1.29, 1.82) is 0 Å². The van der Waals surface area contributed by atoms with Crippen LogP contribution in [0.1, 0.15) is 25.0 Å². The highest BCUT2D eigenvalue weighted by Gasteiger charge is 2.17. The maximum atomic E-state index is 12.0. The number of rotatable bonds is 2. The van der Waals surface area contributed by atoms with Gasteiger partial charge in [0.15, 0.2) is 5.84 Å². The molecular formula is C20H19N3O2. The van der Waals surface area contributed by atoms with Crippen molar-refractivity contribution >= 4 is 28.5 Å². The molecule has 126 valence electrons. The van der Waals surface area contributed by atoms with Crippen molar-refractivity contribution in [2.45, 2.75) is 25.7 Å². The van der Waals surface area contributed by atoms with E-state index in [1.807, 2.05) is 30.3 Å². The molecule has 0 saturated carbocycles. The van der Waals surface area contributed by atoms with Gasteiger partial charge in [-0.25, -0.2) is 4.79 Å². The summed E-state index contributed by atoms with van der Waals surface area (Å²) in [4.78, 5) is 17.1. The molecule has 4 rings (SSSR count). The Balaban J connectivity index is 1.60. The number of aryl methyl sites for hydroxylation is 1. The zero-order valence-electron chi connectivity index (χ0n) is 13.8. The molecule has 0 spiro atoms. The summed E-state index contributed by atoms with van der Waals surface area (Å²) >= 11 is 0. The monoisotopic (exact) mass is 333 g/mol. The van der Waals surface area contributed by atoms with Crippen LogP contribution in [0.2, 0.25) is 0 Å². The molecule has 0 unspecified atom stereocenters. The Morgan fingerprint density at radius 2 is 1.76 bits per heavy atom. The van der Waals surface area contributed by atoms with Gasteiger partial charge < -0.3 is 0 Å². The first-order chi connectivity index (χ1) is 12.3. The second kappa shape index (κ2) is 6.81. The molecule has 1 aliphatic rings. The van der Waals surface area contributed by atoms with E-state index < -0.39 is 6.09 Å². The zero-order chi connectivity index (χ0) is 17.1. The standard InChI is InChI=1S/C20H19N3O2/c24-20(21-16-9-2-1-3-10-16)25-22-19-13-7-5-11-17-14-15-8-4-6-12-18(15)23(17)19/h1-4,6,8-10,12,14H,5,7,11,13H2,(H,21,24)/b22-19-. The van der Waals surface area contributed by atoms with E-state index in [4.69, 9.17) is 4.84 Å². The number of para-hydroxylation sites is 2. The average molecular weight is 333 g/mol. The van der Waals surface area contributed by atoms with Gasteiger partial charge in [0.25, 0.3) is 0 Å². The van der Waals surface area contributed by atoms with Crippen molar-refractivity contribution in [2.24, 2.45) is 5.16 Å². The Morgan fingerprint density at radius 1 is 1.00 bits per heavy atom. The van der Waals surface area contributed by atoms with Gasteiger partial charge >= 0.3 is 6.09 Å². The number of anilines is 1. The molecule has 25 heavy (non-hydrogen) atoms. The summed E-state index contributed by atoms with van der Waals surface area (Å²) in [6.07, 6.45) is 3.33. The molecule has 5 heteroatoms. The quantitative estimate of drug-likeness (QED) is 0.542. The van der Waals surface area contributed by atoms with Crippen LogP contribution in [-0.4, -0.2) is 16.5 Å². The Bertz CT molecular complexity index is 929. The minimum Gasteiger partial charge on any atom is -0.299 e. The number of nitrogens with zero attached hydrogens (tertiary/aromatic N) is 2. The zero-order valence-corrected chi connectivity index (χ0v) is 13.8. The minimum atomic E-state index is -0.582. The maximum absolute atomic E-state index is 12.0. The Labute approximate surface area is 145 Å². The lowest BCUT2D eigenvalue weighted by Crippen LogP contribution is -2.16. The maximum Gasteiger partial charge on any atom is 0.437 e. The van der Waals surface area contributed by atoms with Crippen LogP contribution >= 0.6 is 0 Å². The highest BCUT2D eigenvalue weighted by Crippen LogP contribution is 2.25. The van der Waals surface area contributed by atoms with E-state index >= 15 is 0 Å². The summed E-state index contributed by atoms with van der Waals surface area (Å²) < 4.78 is 2.12. The molecule has 0 aliphatic carbocycles.